The molecule has 228 valence electrons. The van der Waals surface area contributed by atoms with Crippen molar-refractivity contribution in [2.24, 2.45) is 0 Å². The zero-order valence-electron chi connectivity index (χ0n) is 25.5. The average Bonchev–Trinajstić information content (AvgIpc) is 3.42. The molecule has 11 heteroatoms. The maximum Gasteiger partial charge on any atom is 0.407 e. The molecule has 2 N–H and O–H groups in total. The van der Waals surface area contributed by atoms with E-state index in [9.17, 15) is 14.9 Å². The predicted octanol–water partition coefficient (Wildman–Crippen LogP) is 4.96. The van der Waals surface area contributed by atoms with Crippen molar-refractivity contribution in [2.45, 2.75) is 51.7 Å². The van der Waals surface area contributed by atoms with Crippen LogP contribution in [-0.4, -0.2) is 64.0 Å². The zero-order valence-corrected chi connectivity index (χ0v) is 25.5. The van der Waals surface area contributed by atoms with Gasteiger partial charge >= 0.3 is 6.09 Å². The molecule has 1 aliphatic rings. The number of rotatable bonds is 8. The van der Waals surface area contributed by atoms with E-state index in [0.29, 0.717) is 22.4 Å². The quantitative estimate of drug-likeness (QED) is 0.273. The summed E-state index contributed by atoms with van der Waals surface area (Å²) < 4.78 is 12.8. The number of pyridine rings is 2. The second-order valence-corrected chi connectivity index (χ2v) is 12.1. The van der Waals surface area contributed by atoms with Crippen LogP contribution in [0.15, 0.2) is 67.1 Å². The first-order chi connectivity index (χ1) is 21.0. The van der Waals surface area contributed by atoms with Crippen molar-refractivity contribution in [3.05, 3.63) is 78.2 Å². The Morgan fingerprint density at radius 2 is 1.84 bits per heavy atom. The molecule has 0 bridgehead atoms. The second-order valence-electron chi connectivity index (χ2n) is 12.1. The van der Waals surface area contributed by atoms with E-state index < -0.39 is 11.7 Å². The van der Waals surface area contributed by atoms with E-state index in [1.54, 1.807) is 37.7 Å². The number of nitriles is 1. The third kappa shape index (κ3) is 7.26. The lowest BCUT2D eigenvalue weighted by Gasteiger charge is -2.40. The number of nitrogens with zero attached hydrogens (tertiary/aromatic N) is 5. The third-order valence-corrected chi connectivity index (χ3v) is 7.45. The Labute approximate surface area is 256 Å². The van der Waals surface area contributed by atoms with E-state index in [1.165, 1.54) is 6.20 Å². The number of aromatic nitrogens is 3. The number of hydrogen-bond donors (Lipinski definition) is 2. The van der Waals surface area contributed by atoms with Gasteiger partial charge in [0.25, 0.3) is 5.91 Å². The molecule has 1 aromatic carbocycles. The van der Waals surface area contributed by atoms with E-state index in [0.717, 1.165) is 42.9 Å². The smallest absolute Gasteiger partial charge is 0.407 e. The number of amides is 2. The van der Waals surface area contributed by atoms with Gasteiger partial charge in [0.15, 0.2) is 0 Å². The fraction of sp³-hybridized carbons (Fsp3) is 0.364. The van der Waals surface area contributed by atoms with Crippen molar-refractivity contribution < 1.29 is 19.1 Å². The van der Waals surface area contributed by atoms with Crippen molar-refractivity contribution in [3.63, 3.8) is 0 Å². The number of piperidine rings is 1. The molecule has 0 aliphatic carbocycles. The highest BCUT2D eigenvalue weighted by molar-refractivity contribution is 5.94. The van der Waals surface area contributed by atoms with E-state index in [1.807, 2.05) is 48.5 Å². The lowest BCUT2D eigenvalue weighted by molar-refractivity contribution is 0.0520. The van der Waals surface area contributed by atoms with Gasteiger partial charge < -0.3 is 25.0 Å². The second kappa shape index (κ2) is 12.6. The van der Waals surface area contributed by atoms with Crippen LogP contribution in [-0.2, 0) is 4.74 Å². The van der Waals surface area contributed by atoms with Gasteiger partial charge in [0, 0.05) is 41.5 Å². The molecule has 1 aliphatic heterocycles. The maximum absolute atomic E-state index is 12.7. The van der Waals surface area contributed by atoms with E-state index >= 15 is 0 Å². The summed E-state index contributed by atoms with van der Waals surface area (Å²) in [6, 6.07) is 17.3. The highest BCUT2D eigenvalue weighted by atomic mass is 16.6. The number of nitrogens with one attached hydrogen (secondary N) is 2. The molecular formula is C33H37N7O4. The number of carbonyl (C=O) groups is 2. The Morgan fingerprint density at radius 1 is 1.09 bits per heavy atom. The summed E-state index contributed by atoms with van der Waals surface area (Å²) in [6.45, 7) is 9.48. The van der Waals surface area contributed by atoms with Crippen LogP contribution < -0.4 is 20.3 Å². The van der Waals surface area contributed by atoms with Crippen LogP contribution in [0.2, 0.25) is 0 Å². The zero-order chi connectivity index (χ0) is 31.3. The van der Waals surface area contributed by atoms with Crippen molar-refractivity contribution in [3.8, 4) is 22.9 Å². The van der Waals surface area contributed by atoms with Crippen LogP contribution in [0.1, 0.15) is 56.5 Å². The van der Waals surface area contributed by atoms with Crippen LogP contribution in [0, 0.1) is 11.3 Å². The lowest BCUT2D eigenvalue weighted by atomic mass is 9.89. The predicted molar refractivity (Wildman–Crippen MR) is 167 cm³/mol. The summed E-state index contributed by atoms with van der Waals surface area (Å²) in [7, 11) is 0. The van der Waals surface area contributed by atoms with Crippen molar-refractivity contribution >= 4 is 23.3 Å². The molecular weight excluding hydrogens is 558 g/mol. The molecule has 11 nitrogen and oxygen atoms in total. The fourth-order valence-electron chi connectivity index (χ4n) is 5.14. The van der Waals surface area contributed by atoms with Gasteiger partial charge in [-0.2, -0.15) is 10.4 Å². The van der Waals surface area contributed by atoms with Gasteiger partial charge in [0.05, 0.1) is 30.0 Å². The number of alkyl carbamates (subject to hydrolysis) is 1. The largest absolute Gasteiger partial charge is 0.490 e. The van der Waals surface area contributed by atoms with Crippen molar-refractivity contribution in [1.29, 1.82) is 5.26 Å². The fourth-order valence-corrected chi connectivity index (χ4v) is 5.14. The van der Waals surface area contributed by atoms with Gasteiger partial charge in [-0.1, -0.05) is 18.2 Å². The Balaban J connectivity index is 1.25. The molecule has 4 heterocycles. The molecule has 0 spiro atoms. The number of fused-ring (bicyclic) bond motifs is 1. The number of benzene rings is 1. The van der Waals surface area contributed by atoms with Gasteiger partial charge in [0.1, 0.15) is 29.8 Å². The Hall–Kier alpha value is -5.11. The van der Waals surface area contributed by atoms with Gasteiger partial charge in [-0.25, -0.2) is 14.3 Å². The summed E-state index contributed by atoms with van der Waals surface area (Å²) in [5.74, 6) is 1.32. The topological polar surface area (TPSA) is 134 Å². The summed E-state index contributed by atoms with van der Waals surface area (Å²) in [4.78, 5) is 31.6. The third-order valence-electron chi connectivity index (χ3n) is 7.45. The number of hydrogen-bond acceptors (Lipinski definition) is 8. The van der Waals surface area contributed by atoms with Crippen LogP contribution in [0.4, 0.5) is 10.6 Å². The molecule has 0 radical (unpaired) electrons. The van der Waals surface area contributed by atoms with Gasteiger partial charge in [-0.05, 0) is 70.9 Å². The first kappa shape index (κ1) is 30.4. The molecule has 5 rings (SSSR count). The molecule has 4 aromatic rings. The highest BCUT2D eigenvalue weighted by Gasteiger charge is 2.32. The molecule has 0 atom stereocenters. The monoisotopic (exact) mass is 595 g/mol. The molecule has 3 aromatic heterocycles. The standard InChI is InChI=1S/C33H37N7O4/c1-32(2,3)44-31(42)35-14-17-43-26-18-27(29-25(19-34)21-37-40(29)22-26)24-10-11-28(36-20-24)39-15-12-33(4,13-16-39)38-30(41)23-8-6-5-7-9-23/h5-11,18,20-22H,12-17H2,1-4H3,(H,35,42)(H,38,41). The Morgan fingerprint density at radius 3 is 2.50 bits per heavy atom. The minimum atomic E-state index is -0.582. The number of ether oxygens (including phenoxy) is 2. The van der Waals surface area contributed by atoms with E-state index in [2.05, 4.69) is 33.6 Å². The van der Waals surface area contributed by atoms with Crippen molar-refractivity contribution in [1.82, 2.24) is 25.2 Å². The van der Waals surface area contributed by atoms with Gasteiger partial charge in [-0.3, -0.25) is 4.79 Å². The molecule has 2 amide bonds. The molecule has 0 unspecified atom stereocenters. The average molecular weight is 596 g/mol. The summed E-state index contributed by atoms with van der Waals surface area (Å²) in [6.07, 6.45) is 6.09. The lowest BCUT2D eigenvalue weighted by Crippen LogP contribution is -2.53. The highest BCUT2D eigenvalue weighted by Crippen LogP contribution is 2.32. The SMILES string of the molecule is CC1(NC(=O)c2ccccc2)CCN(c2ccc(-c3cc(OCCNC(=O)OC(C)(C)C)cn4ncc(C#N)c34)cn2)CC1. The van der Waals surface area contributed by atoms with Crippen molar-refractivity contribution in [2.75, 3.05) is 31.1 Å². The molecule has 1 fully saturated rings. The Bertz CT molecular complexity index is 1660. The minimum Gasteiger partial charge on any atom is -0.490 e. The summed E-state index contributed by atoms with van der Waals surface area (Å²) >= 11 is 0. The summed E-state index contributed by atoms with van der Waals surface area (Å²) in [5.41, 5.74) is 2.44. The normalized spacial score (nSPS) is 14.5. The first-order valence-electron chi connectivity index (χ1n) is 14.6. The van der Waals surface area contributed by atoms with Crippen LogP contribution in [0.3, 0.4) is 0 Å². The molecule has 1 saturated heterocycles. The van der Waals surface area contributed by atoms with E-state index in [4.69, 9.17) is 14.5 Å². The number of carbonyl (C=O) groups excluding carboxylic acids is 2. The molecule has 0 saturated carbocycles. The van der Waals surface area contributed by atoms with Crippen LogP contribution in [0.25, 0.3) is 16.6 Å². The Kier molecular flexibility index (Phi) is 8.71. The van der Waals surface area contributed by atoms with Crippen LogP contribution in [0.5, 0.6) is 5.75 Å². The first-order valence-corrected chi connectivity index (χ1v) is 14.6. The summed E-state index contributed by atoms with van der Waals surface area (Å²) in [5, 5.41) is 20.0. The molecule has 44 heavy (non-hydrogen) atoms. The van der Waals surface area contributed by atoms with Gasteiger partial charge in [0.2, 0.25) is 0 Å². The minimum absolute atomic E-state index is 0.0579. The maximum atomic E-state index is 12.7. The van der Waals surface area contributed by atoms with Crippen LogP contribution >= 0.6 is 0 Å². The van der Waals surface area contributed by atoms with E-state index in [-0.39, 0.29) is 24.6 Å². The number of anilines is 1. The van der Waals surface area contributed by atoms with Gasteiger partial charge in [-0.15, -0.1) is 0 Å².